The van der Waals surface area contributed by atoms with Crippen LogP contribution < -0.4 is 5.32 Å². The van der Waals surface area contributed by atoms with Crippen molar-refractivity contribution in [3.63, 3.8) is 0 Å². The number of nitrogens with one attached hydrogen (secondary N) is 1. The number of hydrogen-bond acceptors (Lipinski definition) is 5. The lowest BCUT2D eigenvalue weighted by Gasteiger charge is -2.23. The highest BCUT2D eigenvalue weighted by Gasteiger charge is 2.58. The molecule has 2 saturated heterocycles. The van der Waals surface area contributed by atoms with Gasteiger partial charge in [-0.1, -0.05) is 0 Å². The van der Waals surface area contributed by atoms with Crippen LogP contribution in [-0.4, -0.2) is 45.6 Å². The predicted molar refractivity (Wildman–Crippen MR) is 54.1 cm³/mol. The molecular weight excluding hydrogens is 218 g/mol. The molecular formula is C9H15NO4S. The summed E-state index contributed by atoms with van der Waals surface area (Å²) in [6, 6.07) is 0. The molecule has 0 spiro atoms. The molecule has 0 bridgehead atoms. The van der Waals surface area contributed by atoms with Gasteiger partial charge in [0.05, 0.1) is 23.5 Å². The van der Waals surface area contributed by atoms with E-state index in [1.165, 1.54) is 0 Å². The molecule has 0 saturated carbocycles. The highest BCUT2D eigenvalue weighted by Crippen LogP contribution is 2.41. The van der Waals surface area contributed by atoms with Crippen LogP contribution in [0.2, 0.25) is 0 Å². The van der Waals surface area contributed by atoms with E-state index in [9.17, 15) is 13.2 Å². The minimum absolute atomic E-state index is 0.0590. The number of hydrogen-bond donors (Lipinski definition) is 1. The van der Waals surface area contributed by atoms with Crippen molar-refractivity contribution in [2.45, 2.75) is 6.92 Å². The maximum atomic E-state index is 11.8. The first-order valence-corrected chi connectivity index (χ1v) is 6.91. The van der Waals surface area contributed by atoms with E-state index in [0.717, 1.165) is 0 Å². The van der Waals surface area contributed by atoms with Gasteiger partial charge in [0, 0.05) is 19.0 Å². The Bertz CT molecular complexity index is 378. The number of carbonyl (C=O) groups excluding carboxylic acids is 1. The Morgan fingerprint density at radius 3 is 3.00 bits per heavy atom. The maximum absolute atomic E-state index is 11.8. The molecule has 1 N–H and O–H groups in total. The smallest absolute Gasteiger partial charge is 0.314 e. The quantitative estimate of drug-likeness (QED) is 0.631. The normalized spacial score (nSPS) is 37.5. The van der Waals surface area contributed by atoms with Crippen molar-refractivity contribution >= 4 is 15.8 Å². The Hall–Kier alpha value is -0.620. The van der Waals surface area contributed by atoms with Gasteiger partial charge in [-0.2, -0.15) is 0 Å². The molecule has 2 atom stereocenters. The SMILES string of the molecule is CCOC(=O)[C@]12CNC[C@H]1CS(=O)(=O)C2. The van der Waals surface area contributed by atoms with Gasteiger partial charge in [0.2, 0.25) is 0 Å². The summed E-state index contributed by atoms with van der Waals surface area (Å²) in [5, 5.41) is 3.08. The largest absolute Gasteiger partial charge is 0.465 e. The molecule has 2 aliphatic heterocycles. The van der Waals surface area contributed by atoms with Crippen molar-refractivity contribution in [3.8, 4) is 0 Å². The van der Waals surface area contributed by atoms with Crippen LogP contribution in [0.1, 0.15) is 6.92 Å². The Morgan fingerprint density at radius 1 is 1.60 bits per heavy atom. The summed E-state index contributed by atoms with van der Waals surface area (Å²) in [5.41, 5.74) is -0.811. The highest BCUT2D eigenvalue weighted by molar-refractivity contribution is 7.91. The molecule has 0 aromatic carbocycles. The van der Waals surface area contributed by atoms with Gasteiger partial charge in [0.15, 0.2) is 9.84 Å². The van der Waals surface area contributed by atoms with Crippen LogP contribution in [0.15, 0.2) is 0 Å². The lowest BCUT2D eigenvalue weighted by atomic mass is 9.81. The predicted octanol–water partition coefficient (Wildman–Crippen LogP) is -0.816. The average Bonchev–Trinajstić information content (AvgIpc) is 2.58. The van der Waals surface area contributed by atoms with Crippen LogP contribution in [0.4, 0.5) is 0 Å². The highest BCUT2D eigenvalue weighted by atomic mass is 32.2. The standard InChI is InChI=1S/C9H15NO4S/c1-2-14-8(11)9-5-10-3-7(9)4-15(12,13)6-9/h7,10H,2-6H2,1H3/t7-,9-/m0/s1. The zero-order chi connectivity index (χ0) is 11.1. The minimum atomic E-state index is -3.07. The number of esters is 1. The zero-order valence-electron chi connectivity index (χ0n) is 8.65. The molecule has 0 radical (unpaired) electrons. The first-order valence-electron chi connectivity index (χ1n) is 5.08. The number of carbonyl (C=O) groups is 1. The second-order valence-corrected chi connectivity index (χ2v) is 6.37. The van der Waals surface area contributed by atoms with Crippen molar-refractivity contribution in [1.29, 1.82) is 0 Å². The Labute approximate surface area is 89.1 Å². The Kier molecular flexibility index (Phi) is 2.50. The summed E-state index contributed by atoms with van der Waals surface area (Å²) in [6.45, 7) is 3.05. The summed E-state index contributed by atoms with van der Waals surface area (Å²) in [5.74, 6) is -0.419. The van der Waals surface area contributed by atoms with Gasteiger partial charge in [0.25, 0.3) is 0 Å². The molecule has 6 heteroatoms. The molecule has 5 nitrogen and oxygen atoms in total. The van der Waals surface area contributed by atoms with Crippen LogP contribution in [0.25, 0.3) is 0 Å². The van der Waals surface area contributed by atoms with Crippen LogP contribution in [0.5, 0.6) is 0 Å². The Balaban J connectivity index is 2.28. The third kappa shape index (κ3) is 1.65. The second-order valence-electron chi connectivity index (χ2n) is 4.26. The van der Waals surface area contributed by atoms with Crippen LogP contribution in [0, 0.1) is 11.3 Å². The molecule has 2 heterocycles. The summed E-state index contributed by atoms with van der Waals surface area (Å²) in [7, 11) is -3.07. The van der Waals surface area contributed by atoms with E-state index in [0.29, 0.717) is 19.7 Å². The van der Waals surface area contributed by atoms with Gasteiger partial charge < -0.3 is 10.1 Å². The lowest BCUT2D eigenvalue weighted by Crippen LogP contribution is -2.40. The first kappa shape index (κ1) is 10.9. The molecule has 0 aromatic heterocycles. The summed E-state index contributed by atoms with van der Waals surface area (Å²) in [4.78, 5) is 11.8. The minimum Gasteiger partial charge on any atom is -0.465 e. The summed E-state index contributed by atoms with van der Waals surface area (Å²) in [6.07, 6.45) is 0. The molecule has 0 aromatic rings. The van der Waals surface area contributed by atoms with E-state index >= 15 is 0 Å². The van der Waals surface area contributed by atoms with Crippen molar-refractivity contribution in [2.24, 2.45) is 11.3 Å². The number of ether oxygens (including phenoxy) is 1. The molecule has 86 valence electrons. The third-order valence-electron chi connectivity index (χ3n) is 3.23. The molecule has 0 unspecified atom stereocenters. The van der Waals surface area contributed by atoms with E-state index in [-0.39, 0.29) is 23.4 Å². The van der Waals surface area contributed by atoms with Gasteiger partial charge in [-0.05, 0) is 6.92 Å². The van der Waals surface area contributed by atoms with Gasteiger partial charge in [-0.3, -0.25) is 4.79 Å². The molecule has 2 rings (SSSR count). The molecule has 0 amide bonds. The monoisotopic (exact) mass is 233 g/mol. The second kappa shape index (κ2) is 3.45. The van der Waals surface area contributed by atoms with Crippen molar-refractivity contribution in [3.05, 3.63) is 0 Å². The zero-order valence-corrected chi connectivity index (χ0v) is 9.47. The summed E-state index contributed by atoms with van der Waals surface area (Å²) < 4.78 is 28.0. The van der Waals surface area contributed by atoms with Crippen molar-refractivity contribution < 1.29 is 17.9 Å². The molecule has 2 fully saturated rings. The molecule has 2 aliphatic rings. The fraction of sp³-hybridized carbons (Fsp3) is 0.889. The van der Waals surface area contributed by atoms with Crippen molar-refractivity contribution in [2.75, 3.05) is 31.2 Å². The van der Waals surface area contributed by atoms with E-state index in [2.05, 4.69) is 5.32 Å². The fourth-order valence-electron chi connectivity index (χ4n) is 2.53. The topological polar surface area (TPSA) is 72.5 Å². The number of rotatable bonds is 2. The third-order valence-corrected chi connectivity index (χ3v) is 5.09. The van der Waals surface area contributed by atoms with Crippen LogP contribution >= 0.6 is 0 Å². The number of fused-ring (bicyclic) bond motifs is 1. The molecule has 0 aliphatic carbocycles. The van der Waals surface area contributed by atoms with Gasteiger partial charge >= 0.3 is 5.97 Å². The Morgan fingerprint density at radius 2 is 2.33 bits per heavy atom. The summed E-state index contributed by atoms with van der Waals surface area (Å²) >= 11 is 0. The van der Waals surface area contributed by atoms with E-state index < -0.39 is 15.3 Å². The van der Waals surface area contributed by atoms with Crippen LogP contribution in [0.3, 0.4) is 0 Å². The van der Waals surface area contributed by atoms with Crippen LogP contribution in [-0.2, 0) is 19.4 Å². The average molecular weight is 233 g/mol. The van der Waals surface area contributed by atoms with Gasteiger partial charge in [0.1, 0.15) is 0 Å². The number of sulfone groups is 1. The van der Waals surface area contributed by atoms with Crippen molar-refractivity contribution in [1.82, 2.24) is 5.32 Å². The lowest BCUT2D eigenvalue weighted by molar-refractivity contribution is -0.154. The first-order chi connectivity index (χ1) is 7.00. The van der Waals surface area contributed by atoms with E-state index in [4.69, 9.17) is 4.74 Å². The van der Waals surface area contributed by atoms with E-state index in [1.807, 2.05) is 0 Å². The van der Waals surface area contributed by atoms with Gasteiger partial charge in [-0.25, -0.2) is 8.42 Å². The van der Waals surface area contributed by atoms with E-state index in [1.54, 1.807) is 6.92 Å². The molecule has 15 heavy (non-hydrogen) atoms. The maximum Gasteiger partial charge on any atom is 0.314 e. The fourth-order valence-corrected chi connectivity index (χ4v) is 4.94. The van der Waals surface area contributed by atoms with Gasteiger partial charge in [-0.15, -0.1) is 0 Å².